The Morgan fingerprint density at radius 1 is 1.26 bits per heavy atom. The minimum absolute atomic E-state index is 0.00345. The fourth-order valence-corrected chi connectivity index (χ4v) is 1.56. The van der Waals surface area contributed by atoms with E-state index in [0.29, 0.717) is 0 Å². The molecule has 0 saturated heterocycles. The molecule has 1 aromatic heterocycles. The Labute approximate surface area is 126 Å². The summed E-state index contributed by atoms with van der Waals surface area (Å²) in [5.41, 5.74) is 0.182. The lowest BCUT2D eigenvalue weighted by molar-refractivity contribution is -0.159. The fourth-order valence-electron chi connectivity index (χ4n) is 1.56. The van der Waals surface area contributed by atoms with Gasteiger partial charge in [0.2, 0.25) is 11.6 Å². The Hall–Kier alpha value is -3.22. The van der Waals surface area contributed by atoms with Gasteiger partial charge < -0.3 is 9.84 Å². The lowest BCUT2D eigenvalue weighted by atomic mass is 10.1. The molecule has 0 aliphatic carbocycles. The van der Waals surface area contributed by atoms with Gasteiger partial charge in [-0.05, 0) is 0 Å². The third-order valence-corrected chi connectivity index (χ3v) is 2.61. The van der Waals surface area contributed by atoms with Gasteiger partial charge in [0.15, 0.2) is 0 Å². The van der Waals surface area contributed by atoms with Crippen LogP contribution in [0.1, 0.15) is 16.2 Å². The standard InChI is InChI=1S/C13H7F3N4O3/c14-13(15,16)12-19-10(20-23-12)8-3-1-7(2-4-8)9(21)11(22)18-6-5-17/h1-4H,6H2,(H,18,22). The van der Waals surface area contributed by atoms with Gasteiger partial charge in [-0.3, -0.25) is 9.59 Å². The molecule has 0 atom stereocenters. The summed E-state index contributed by atoms with van der Waals surface area (Å²) in [6, 6.07) is 6.65. The minimum Gasteiger partial charge on any atom is -0.336 e. The number of alkyl halides is 3. The van der Waals surface area contributed by atoms with Crippen LogP contribution in [0.15, 0.2) is 28.8 Å². The molecular formula is C13H7F3N4O3. The highest BCUT2D eigenvalue weighted by Crippen LogP contribution is 2.29. The van der Waals surface area contributed by atoms with Crippen molar-refractivity contribution in [3.63, 3.8) is 0 Å². The Morgan fingerprint density at radius 3 is 2.43 bits per heavy atom. The van der Waals surface area contributed by atoms with Gasteiger partial charge in [-0.1, -0.05) is 29.4 Å². The van der Waals surface area contributed by atoms with Gasteiger partial charge in [-0.25, -0.2) is 0 Å². The second kappa shape index (κ2) is 6.27. The summed E-state index contributed by atoms with van der Waals surface area (Å²) < 4.78 is 41.2. The topological polar surface area (TPSA) is 109 Å². The maximum Gasteiger partial charge on any atom is 0.471 e. The maximum atomic E-state index is 12.4. The zero-order valence-electron chi connectivity index (χ0n) is 11.2. The number of rotatable bonds is 4. The van der Waals surface area contributed by atoms with Crippen molar-refractivity contribution in [3.8, 4) is 17.5 Å². The molecule has 118 valence electrons. The van der Waals surface area contributed by atoms with Crippen molar-refractivity contribution in [2.45, 2.75) is 6.18 Å². The van der Waals surface area contributed by atoms with Gasteiger partial charge >= 0.3 is 12.1 Å². The number of halogens is 3. The van der Waals surface area contributed by atoms with Crippen molar-refractivity contribution in [3.05, 3.63) is 35.7 Å². The fraction of sp³-hybridized carbons (Fsp3) is 0.154. The van der Waals surface area contributed by atoms with Crippen molar-refractivity contribution in [1.82, 2.24) is 15.5 Å². The molecule has 1 N–H and O–H groups in total. The third-order valence-electron chi connectivity index (χ3n) is 2.61. The molecule has 7 nitrogen and oxygen atoms in total. The first-order valence-corrected chi connectivity index (χ1v) is 6.03. The highest BCUT2D eigenvalue weighted by Gasteiger charge is 2.38. The second-order valence-corrected chi connectivity index (χ2v) is 4.17. The van der Waals surface area contributed by atoms with E-state index in [1.54, 1.807) is 6.07 Å². The summed E-state index contributed by atoms with van der Waals surface area (Å²) in [6.07, 6.45) is -4.75. The molecule has 1 heterocycles. The molecule has 0 unspecified atom stereocenters. The van der Waals surface area contributed by atoms with Crippen LogP contribution in [0.2, 0.25) is 0 Å². The molecule has 0 bridgehead atoms. The molecule has 0 aliphatic rings. The largest absolute Gasteiger partial charge is 0.471 e. The molecule has 0 saturated carbocycles. The van der Waals surface area contributed by atoms with E-state index in [4.69, 9.17) is 5.26 Å². The van der Waals surface area contributed by atoms with Crippen molar-refractivity contribution in [1.29, 1.82) is 5.26 Å². The van der Waals surface area contributed by atoms with Crippen molar-refractivity contribution < 1.29 is 27.3 Å². The molecule has 2 aromatic rings. The number of ketones is 1. The molecule has 0 aliphatic heterocycles. The van der Waals surface area contributed by atoms with Crippen LogP contribution in [0.5, 0.6) is 0 Å². The van der Waals surface area contributed by atoms with Gasteiger partial charge in [0.05, 0.1) is 6.07 Å². The van der Waals surface area contributed by atoms with E-state index in [2.05, 4.69) is 20.0 Å². The van der Waals surface area contributed by atoms with Crippen LogP contribution < -0.4 is 5.32 Å². The van der Waals surface area contributed by atoms with Crippen LogP contribution in [0.3, 0.4) is 0 Å². The number of aromatic nitrogens is 2. The molecule has 0 fully saturated rings. The average Bonchev–Trinajstić information content (AvgIpc) is 3.02. The number of carbonyl (C=O) groups is 2. The van der Waals surface area contributed by atoms with E-state index in [1.165, 1.54) is 24.3 Å². The number of hydrogen-bond acceptors (Lipinski definition) is 6. The molecule has 0 spiro atoms. The summed E-state index contributed by atoms with van der Waals surface area (Å²) >= 11 is 0. The monoisotopic (exact) mass is 324 g/mol. The van der Waals surface area contributed by atoms with Crippen LogP contribution in [0.4, 0.5) is 13.2 Å². The molecule has 10 heteroatoms. The highest BCUT2D eigenvalue weighted by atomic mass is 19.4. The average molecular weight is 324 g/mol. The summed E-state index contributed by atoms with van der Waals surface area (Å²) in [7, 11) is 0. The normalized spacial score (nSPS) is 10.9. The van der Waals surface area contributed by atoms with E-state index in [0.717, 1.165) is 0 Å². The van der Waals surface area contributed by atoms with Crippen molar-refractivity contribution in [2.24, 2.45) is 0 Å². The SMILES string of the molecule is N#CCNC(=O)C(=O)c1ccc(-c2noc(C(F)(F)F)n2)cc1. The van der Waals surface area contributed by atoms with Crippen LogP contribution in [0, 0.1) is 11.3 Å². The number of nitrogens with zero attached hydrogens (tertiary/aromatic N) is 3. The van der Waals surface area contributed by atoms with E-state index < -0.39 is 23.8 Å². The molecule has 1 aromatic carbocycles. The lowest BCUT2D eigenvalue weighted by Gasteiger charge is -2.01. The Kier molecular flexibility index (Phi) is 4.40. The number of benzene rings is 1. The van der Waals surface area contributed by atoms with E-state index in [-0.39, 0.29) is 23.5 Å². The number of hydrogen-bond donors (Lipinski definition) is 1. The highest BCUT2D eigenvalue weighted by molar-refractivity contribution is 6.42. The van der Waals surface area contributed by atoms with Crippen LogP contribution >= 0.6 is 0 Å². The van der Waals surface area contributed by atoms with Crippen molar-refractivity contribution in [2.75, 3.05) is 6.54 Å². The predicted octanol–water partition coefficient (Wildman–Crippen LogP) is 1.58. The van der Waals surface area contributed by atoms with E-state index in [9.17, 15) is 22.8 Å². The smallest absolute Gasteiger partial charge is 0.336 e. The molecule has 0 radical (unpaired) electrons. The van der Waals surface area contributed by atoms with E-state index >= 15 is 0 Å². The Bertz CT molecular complexity index is 775. The Morgan fingerprint density at radius 2 is 1.91 bits per heavy atom. The minimum atomic E-state index is -4.75. The quantitative estimate of drug-likeness (QED) is 0.519. The molecule has 23 heavy (non-hydrogen) atoms. The predicted molar refractivity (Wildman–Crippen MR) is 67.7 cm³/mol. The zero-order valence-corrected chi connectivity index (χ0v) is 11.2. The number of amides is 1. The molecular weight excluding hydrogens is 317 g/mol. The van der Waals surface area contributed by atoms with Gasteiger partial charge in [0.1, 0.15) is 6.54 Å². The van der Waals surface area contributed by atoms with E-state index in [1.807, 2.05) is 0 Å². The first-order valence-electron chi connectivity index (χ1n) is 6.03. The first-order chi connectivity index (χ1) is 10.8. The third kappa shape index (κ3) is 3.70. The summed E-state index contributed by atoms with van der Waals surface area (Å²) in [5, 5.41) is 13.6. The number of Topliss-reactive ketones (excluding diaryl/α,β-unsaturated/α-hetero) is 1. The van der Waals surface area contributed by atoms with Gasteiger partial charge in [-0.15, -0.1) is 0 Å². The van der Waals surface area contributed by atoms with Crippen LogP contribution in [-0.4, -0.2) is 28.4 Å². The summed E-state index contributed by atoms with van der Waals surface area (Å²) in [6.45, 7) is -0.314. The number of carbonyl (C=O) groups excluding carboxylic acids is 2. The molecule has 1 amide bonds. The van der Waals surface area contributed by atoms with Crippen LogP contribution in [-0.2, 0) is 11.0 Å². The van der Waals surface area contributed by atoms with Gasteiger partial charge in [0, 0.05) is 11.1 Å². The summed E-state index contributed by atoms with van der Waals surface area (Å²) in [4.78, 5) is 26.3. The van der Waals surface area contributed by atoms with Gasteiger partial charge in [0.25, 0.3) is 5.91 Å². The van der Waals surface area contributed by atoms with Crippen molar-refractivity contribution >= 4 is 11.7 Å². The molecule has 2 rings (SSSR count). The number of nitrogens with one attached hydrogen (secondary N) is 1. The number of nitriles is 1. The maximum absolute atomic E-state index is 12.4. The lowest BCUT2D eigenvalue weighted by Crippen LogP contribution is -2.31. The van der Waals surface area contributed by atoms with Crippen LogP contribution in [0.25, 0.3) is 11.4 Å². The summed E-state index contributed by atoms with van der Waals surface area (Å²) in [5.74, 6) is -3.62. The second-order valence-electron chi connectivity index (χ2n) is 4.17. The zero-order chi connectivity index (χ0) is 17.0. The van der Waals surface area contributed by atoms with Gasteiger partial charge in [-0.2, -0.15) is 23.4 Å². The first kappa shape index (κ1) is 16.2. The Balaban J connectivity index is 2.17.